The van der Waals surface area contributed by atoms with Gasteiger partial charge in [-0.15, -0.1) is 0 Å². The first-order chi connectivity index (χ1) is 9.58. The van der Waals surface area contributed by atoms with Crippen LogP contribution in [0.2, 0.25) is 0 Å². The maximum absolute atomic E-state index is 9.93. The Labute approximate surface area is 123 Å². The maximum Gasteiger partial charge on any atom is 0.0897 e. The molecule has 0 heterocycles. The Morgan fingerprint density at radius 3 is 2.50 bits per heavy atom. The van der Waals surface area contributed by atoms with Gasteiger partial charge in [-0.3, -0.25) is 0 Å². The van der Waals surface area contributed by atoms with E-state index in [0.29, 0.717) is 19.1 Å². The average Bonchev–Trinajstić information content (AvgIpc) is 2.45. The second-order valence-corrected chi connectivity index (χ2v) is 6.64. The molecule has 1 atom stereocenters. The van der Waals surface area contributed by atoms with Crippen molar-refractivity contribution in [2.24, 2.45) is 5.92 Å². The molecule has 1 aliphatic rings. The minimum atomic E-state index is -0.487. The van der Waals surface area contributed by atoms with E-state index in [-0.39, 0.29) is 12.1 Å². The first-order valence-corrected chi connectivity index (χ1v) is 8.20. The molecule has 0 saturated heterocycles. The first-order valence-electron chi connectivity index (χ1n) is 8.20. The van der Waals surface area contributed by atoms with Crippen molar-refractivity contribution in [1.82, 2.24) is 5.32 Å². The van der Waals surface area contributed by atoms with E-state index in [0.717, 1.165) is 38.7 Å². The molecule has 0 aromatic carbocycles. The number of aliphatic hydroxyl groups is 2. The van der Waals surface area contributed by atoms with Crippen LogP contribution in [0.25, 0.3) is 0 Å². The second kappa shape index (κ2) is 9.72. The van der Waals surface area contributed by atoms with Crippen molar-refractivity contribution < 1.29 is 14.9 Å². The van der Waals surface area contributed by atoms with Crippen LogP contribution in [0, 0.1) is 5.92 Å². The summed E-state index contributed by atoms with van der Waals surface area (Å²) in [6.45, 7) is 6.18. The van der Waals surface area contributed by atoms with Crippen molar-refractivity contribution in [2.75, 3.05) is 26.4 Å². The number of hydrogen-bond acceptors (Lipinski definition) is 4. The monoisotopic (exact) mass is 287 g/mol. The molecule has 1 unspecified atom stereocenters. The van der Waals surface area contributed by atoms with Crippen molar-refractivity contribution in [3.8, 4) is 0 Å². The first kappa shape index (κ1) is 17.9. The van der Waals surface area contributed by atoms with Crippen LogP contribution >= 0.6 is 0 Å². The van der Waals surface area contributed by atoms with Crippen molar-refractivity contribution in [1.29, 1.82) is 0 Å². The van der Waals surface area contributed by atoms with Crippen LogP contribution in [0.4, 0.5) is 0 Å². The molecular weight excluding hydrogens is 254 g/mol. The van der Waals surface area contributed by atoms with Crippen LogP contribution in [0.3, 0.4) is 0 Å². The normalized spacial score (nSPS) is 20.2. The summed E-state index contributed by atoms with van der Waals surface area (Å²) < 4.78 is 5.50. The molecule has 4 heteroatoms. The van der Waals surface area contributed by atoms with Gasteiger partial charge >= 0.3 is 0 Å². The molecule has 0 amide bonds. The Bertz CT molecular complexity index is 240. The molecule has 1 saturated carbocycles. The second-order valence-electron chi connectivity index (χ2n) is 6.64. The highest BCUT2D eigenvalue weighted by Gasteiger charge is 2.31. The summed E-state index contributed by atoms with van der Waals surface area (Å²) in [7, 11) is 0. The third-order valence-electron chi connectivity index (χ3n) is 4.21. The number of hydrogen-bond donors (Lipinski definition) is 3. The number of β-amino-alcohol motifs (C(OH)–C–C–N with tert-alkyl or cyclic N) is 1. The molecule has 0 spiro atoms. The number of nitrogens with one attached hydrogen (secondary N) is 1. The Kier molecular flexibility index (Phi) is 8.69. The highest BCUT2D eigenvalue weighted by Crippen LogP contribution is 2.27. The molecule has 0 aromatic rings. The molecule has 0 bridgehead atoms. The molecule has 0 radical (unpaired) electrons. The fourth-order valence-electron chi connectivity index (χ4n) is 2.83. The van der Waals surface area contributed by atoms with Crippen molar-refractivity contribution in [2.45, 2.75) is 70.4 Å². The summed E-state index contributed by atoms with van der Waals surface area (Å²) >= 11 is 0. The van der Waals surface area contributed by atoms with Gasteiger partial charge in [0.05, 0.1) is 19.3 Å². The van der Waals surface area contributed by atoms with Crippen LogP contribution in [0.5, 0.6) is 0 Å². The van der Waals surface area contributed by atoms with Gasteiger partial charge in [0.1, 0.15) is 0 Å². The largest absolute Gasteiger partial charge is 0.394 e. The van der Waals surface area contributed by atoms with E-state index in [1.54, 1.807) is 0 Å². The Morgan fingerprint density at radius 1 is 1.20 bits per heavy atom. The minimum Gasteiger partial charge on any atom is -0.394 e. The van der Waals surface area contributed by atoms with Gasteiger partial charge in [0.25, 0.3) is 0 Å². The summed E-state index contributed by atoms with van der Waals surface area (Å²) in [6.07, 6.45) is 7.33. The Morgan fingerprint density at radius 2 is 1.90 bits per heavy atom. The molecule has 120 valence electrons. The lowest BCUT2D eigenvalue weighted by Crippen LogP contribution is -2.52. The molecule has 3 N–H and O–H groups in total. The highest BCUT2D eigenvalue weighted by molar-refractivity contribution is 4.90. The summed E-state index contributed by atoms with van der Waals surface area (Å²) in [5.41, 5.74) is -0.170. The smallest absolute Gasteiger partial charge is 0.0897 e. The lowest BCUT2D eigenvalue weighted by molar-refractivity contribution is 0.0237. The predicted octanol–water partition coefficient (Wildman–Crippen LogP) is 2.08. The van der Waals surface area contributed by atoms with Crippen LogP contribution in [-0.2, 0) is 4.74 Å². The number of aliphatic hydroxyl groups excluding tert-OH is 2. The summed E-state index contributed by atoms with van der Waals surface area (Å²) in [4.78, 5) is 0. The highest BCUT2D eigenvalue weighted by atomic mass is 16.5. The fourth-order valence-corrected chi connectivity index (χ4v) is 2.83. The fraction of sp³-hybridized carbons (Fsp3) is 1.00. The van der Waals surface area contributed by atoms with E-state index in [2.05, 4.69) is 19.2 Å². The molecule has 0 aliphatic heterocycles. The van der Waals surface area contributed by atoms with Crippen LogP contribution in [0.1, 0.15) is 58.8 Å². The van der Waals surface area contributed by atoms with E-state index >= 15 is 0 Å². The lowest BCUT2D eigenvalue weighted by atomic mass is 9.82. The molecule has 4 nitrogen and oxygen atoms in total. The van der Waals surface area contributed by atoms with Crippen molar-refractivity contribution in [3.05, 3.63) is 0 Å². The van der Waals surface area contributed by atoms with Gasteiger partial charge in [0, 0.05) is 18.7 Å². The SMILES string of the molecule is CC(C)CCCOCC(O)CNC1(CO)CCCCC1. The Balaban J connectivity index is 2.10. The zero-order chi connectivity index (χ0) is 14.8. The van der Waals surface area contributed by atoms with E-state index in [1.165, 1.54) is 12.8 Å². The molecule has 1 aliphatic carbocycles. The number of rotatable bonds is 10. The molecule has 20 heavy (non-hydrogen) atoms. The minimum absolute atomic E-state index is 0.162. The van der Waals surface area contributed by atoms with Crippen LogP contribution in [0.15, 0.2) is 0 Å². The summed E-state index contributed by atoms with van der Waals surface area (Å²) in [6, 6.07) is 0. The van der Waals surface area contributed by atoms with E-state index in [1.807, 2.05) is 0 Å². The maximum atomic E-state index is 9.93. The van der Waals surface area contributed by atoms with E-state index in [4.69, 9.17) is 4.74 Å². The summed E-state index contributed by atoms with van der Waals surface area (Å²) in [5, 5.41) is 22.9. The third kappa shape index (κ3) is 7.02. The third-order valence-corrected chi connectivity index (χ3v) is 4.21. The van der Waals surface area contributed by atoms with Crippen molar-refractivity contribution in [3.63, 3.8) is 0 Å². The average molecular weight is 287 g/mol. The predicted molar refractivity (Wildman–Crippen MR) is 81.8 cm³/mol. The molecule has 1 rings (SSSR count). The van der Waals surface area contributed by atoms with Gasteiger partial charge in [-0.1, -0.05) is 33.1 Å². The van der Waals surface area contributed by atoms with E-state index in [9.17, 15) is 10.2 Å². The quantitative estimate of drug-likeness (QED) is 0.538. The van der Waals surface area contributed by atoms with Gasteiger partial charge in [-0.2, -0.15) is 0 Å². The molecule has 1 fully saturated rings. The lowest BCUT2D eigenvalue weighted by Gasteiger charge is -2.37. The van der Waals surface area contributed by atoms with Gasteiger partial charge in [-0.25, -0.2) is 0 Å². The van der Waals surface area contributed by atoms with Crippen LogP contribution < -0.4 is 5.32 Å². The van der Waals surface area contributed by atoms with Gasteiger partial charge in [0.15, 0.2) is 0 Å². The summed E-state index contributed by atoms with van der Waals surface area (Å²) in [5.74, 6) is 0.709. The topological polar surface area (TPSA) is 61.7 Å². The zero-order valence-corrected chi connectivity index (χ0v) is 13.2. The van der Waals surface area contributed by atoms with Crippen molar-refractivity contribution >= 4 is 0 Å². The van der Waals surface area contributed by atoms with Gasteiger partial charge in [-0.05, 0) is 31.6 Å². The zero-order valence-electron chi connectivity index (χ0n) is 13.2. The van der Waals surface area contributed by atoms with E-state index < -0.39 is 6.10 Å². The molecule has 0 aromatic heterocycles. The van der Waals surface area contributed by atoms with Gasteiger partial charge in [0.2, 0.25) is 0 Å². The molecular formula is C16H33NO3. The standard InChI is InChI=1S/C16H33NO3/c1-14(2)7-6-10-20-12-15(19)11-17-16(13-18)8-4-3-5-9-16/h14-15,17-19H,3-13H2,1-2H3. The number of ether oxygens (including phenoxy) is 1. The Hall–Kier alpha value is -0.160. The van der Waals surface area contributed by atoms with Crippen LogP contribution in [-0.4, -0.2) is 48.2 Å². The van der Waals surface area contributed by atoms with Gasteiger partial charge < -0.3 is 20.3 Å².